The van der Waals surface area contributed by atoms with Crippen molar-refractivity contribution in [1.82, 2.24) is 10.3 Å². The first kappa shape index (κ1) is 21.9. The fraction of sp³-hybridized carbons (Fsp3) is 0.278. The highest BCUT2D eigenvalue weighted by Gasteiger charge is 2.22. The largest absolute Gasteiger partial charge is 0.326 e. The van der Waals surface area contributed by atoms with Gasteiger partial charge < -0.3 is 16.0 Å². The van der Waals surface area contributed by atoms with Crippen LogP contribution in [0.1, 0.15) is 22.3 Å². The van der Waals surface area contributed by atoms with Gasteiger partial charge in [-0.05, 0) is 49.7 Å². The number of anilines is 2. The predicted molar refractivity (Wildman–Crippen MR) is 107 cm³/mol. The number of amides is 2. The molecule has 0 radical (unpaired) electrons. The van der Waals surface area contributed by atoms with Gasteiger partial charge in [0.25, 0.3) is 5.91 Å². The number of pyridine rings is 1. The highest BCUT2D eigenvalue weighted by molar-refractivity contribution is 6.05. The van der Waals surface area contributed by atoms with Crippen LogP contribution in [0, 0.1) is 12.8 Å². The number of hydrogen-bond acceptors (Lipinski definition) is 4. The van der Waals surface area contributed by atoms with Crippen LogP contribution in [0.25, 0.3) is 0 Å². The molecule has 1 unspecified atom stereocenters. The number of aromatic nitrogens is 1. The quantitative estimate of drug-likeness (QED) is 0.741. The van der Waals surface area contributed by atoms with E-state index in [0.717, 1.165) is 18.5 Å². The maximum atomic E-state index is 12.3. The molecule has 1 aromatic heterocycles. The molecule has 0 spiro atoms. The molecule has 0 bridgehead atoms. The Morgan fingerprint density at radius 3 is 2.50 bits per heavy atom. The SMILES string of the molecule is Cc1ccc(NC(=O)C2CCNC2)cc1NC(=O)c1ccncc1.Cl.Cl. The van der Waals surface area contributed by atoms with Crippen molar-refractivity contribution in [2.45, 2.75) is 13.3 Å². The zero-order valence-corrected chi connectivity index (χ0v) is 16.0. The number of carbonyl (C=O) groups excluding carboxylic acids is 2. The van der Waals surface area contributed by atoms with E-state index >= 15 is 0 Å². The number of benzene rings is 1. The van der Waals surface area contributed by atoms with Gasteiger partial charge in [0.05, 0.1) is 5.92 Å². The van der Waals surface area contributed by atoms with Crippen molar-refractivity contribution in [1.29, 1.82) is 0 Å². The monoisotopic (exact) mass is 396 g/mol. The first-order valence-electron chi connectivity index (χ1n) is 7.97. The molecule has 2 aromatic rings. The van der Waals surface area contributed by atoms with Crippen molar-refractivity contribution in [3.05, 3.63) is 53.9 Å². The van der Waals surface area contributed by atoms with E-state index in [1.165, 1.54) is 0 Å². The van der Waals surface area contributed by atoms with Crippen LogP contribution in [0.2, 0.25) is 0 Å². The normalized spacial score (nSPS) is 15.3. The Labute approximate surface area is 165 Å². The highest BCUT2D eigenvalue weighted by atomic mass is 35.5. The van der Waals surface area contributed by atoms with E-state index in [4.69, 9.17) is 0 Å². The van der Waals surface area contributed by atoms with Crippen LogP contribution in [0.5, 0.6) is 0 Å². The van der Waals surface area contributed by atoms with E-state index in [1.54, 1.807) is 30.6 Å². The maximum Gasteiger partial charge on any atom is 0.255 e. The Bertz CT molecular complexity index is 750. The third-order valence-electron chi connectivity index (χ3n) is 4.13. The molecule has 8 heteroatoms. The van der Waals surface area contributed by atoms with Gasteiger partial charge in [-0.15, -0.1) is 24.8 Å². The van der Waals surface area contributed by atoms with E-state index in [2.05, 4.69) is 20.9 Å². The number of carbonyl (C=O) groups is 2. The average Bonchev–Trinajstić information content (AvgIpc) is 3.13. The number of hydrogen-bond donors (Lipinski definition) is 3. The number of halogens is 2. The fourth-order valence-electron chi connectivity index (χ4n) is 2.65. The van der Waals surface area contributed by atoms with Crippen LogP contribution in [-0.4, -0.2) is 29.9 Å². The lowest BCUT2D eigenvalue weighted by molar-refractivity contribution is -0.119. The summed E-state index contributed by atoms with van der Waals surface area (Å²) < 4.78 is 0. The molecule has 2 amide bonds. The van der Waals surface area contributed by atoms with Gasteiger partial charge in [0.15, 0.2) is 0 Å². The molecule has 1 aliphatic rings. The van der Waals surface area contributed by atoms with E-state index in [0.29, 0.717) is 23.5 Å². The zero-order valence-electron chi connectivity index (χ0n) is 14.3. The highest BCUT2D eigenvalue weighted by Crippen LogP contribution is 2.22. The minimum atomic E-state index is -0.205. The molecule has 2 heterocycles. The topological polar surface area (TPSA) is 83.1 Å². The summed E-state index contributed by atoms with van der Waals surface area (Å²) in [6.45, 7) is 3.50. The number of rotatable bonds is 4. The summed E-state index contributed by atoms with van der Waals surface area (Å²) in [5.41, 5.74) is 2.83. The van der Waals surface area contributed by atoms with E-state index < -0.39 is 0 Å². The van der Waals surface area contributed by atoms with Crippen molar-refractivity contribution in [3.63, 3.8) is 0 Å². The first-order valence-corrected chi connectivity index (χ1v) is 7.97. The minimum absolute atomic E-state index is 0. The summed E-state index contributed by atoms with van der Waals surface area (Å²) in [5, 5.41) is 8.98. The number of nitrogens with one attached hydrogen (secondary N) is 3. The van der Waals surface area contributed by atoms with Gasteiger partial charge in [-0.25, -0.2) is 0 Å². The lowest BCUT2D eigenvalue weighted by Crippen LogP contribution is -2.24. The Balaban J connectivity index is 0.00000169. The lowest BCUT2D eigenvalue weighted by atomic mass is 10.1. The van der Waals surface area contributed by atoms with E-state index in [1.807, 2.05) is 19.1 Å². The second-order valence-corrected chi connectivity index (χ2v) is 5.90. The molecule has 1 atom stereocenters. The molecule has 1 aromatic carbocycles. The molecular weight excluding hydrogens is 375 g/mol. The van der Waals surface area contributed by atoms with Crippen molar-refractivity contribution in [3.8, 4) is 0 Å². The third kappa shape index (κ3) is 5.42. The first-order chi connectivity index (χ1) is 11.6. The standard InChI is InChI=1S/C18H20N4O2.2ClH/c1-12-2-3-15(21-18(24)14-6-9-20-11-14)10-16(12)22-17(23)13-4-7-19-8-5-13;;/h2-5,7-8,10,14,20H,6,9,11H2,1H3,(H,21,24)(H,22,23);2*1H. The Morgan fingerprint density at radius 2 is 1.85 bits per heavy atom. The van der Waals surface area contributed by atoms with Crippen LogP contribution in [0.3, 0.4) is 0 Å². The Morgan fingerprint density at radius 1 is 1.12 bits per heavy atom. The summed E-state index contributed by atoms with van der Waals surface area (Å²) in [6.07, 6.45) is 4.01. The molecule has 1 saturated heterocycles. The molecule has 140 valence electrons. The number of aryl methyl sites for hydroxylation is 1. The van der Waals surface area contributed by atoms with Crippen LogP contribution < -0.4 is 16.0 Å². The predicted octanol–water partition coefficient (Wildman–Crippen LogP) is 3.03. The minimum Gasteiger partial charge on any atom is -0.326 e. The van der Waals surface area contributed by atoms with Crippen molar-refractivity contribution in [2.75, 3.05) is 23.7 Å². The summed E-state index contributed by atoms with van der Waals surface area (Å²) in [7, 11) is 0. The molecule has 0 aliphatic carbocycles. The zero-order chi connectivity index (χ0) is 16.9. The summed E-state index contributed by atoms with van der Waals surface area (Å²) in [5.74, 6) is -0.194. The van der Waals surface area contributed by atoms with Crippen molar-refractivity contribution < 1.29 is 9.59 Å². The second kappa shape index (κ2) is 10.1. The van der Waals surface area contributed by atoms with Gasteiger partial charge in [-0.2, -0.15) is 0 Å². The molecule has 6 nitrogen and oxygen atoms in total. The summed E-state index contributed by atoms with van der Waals surface area (Å²) >= 11 is 0. The molecular formula is C18H22Cl2N4O2. The fourth-order valence-corrected chi connectivity index (χ4v) is 2.65. The molecule has 3 rings (SSSR count). The molecule has 26 heavy (non-hydrogen) atoms. The summed E-state index contributed by atoms with van der Waals surface area (Å²) in [4.78, 5) is 28.4. The van der Waals surface area contributed by atoms with Gasteiger partial charge in [0.2, 0.25) is 5.91 Å². The molecule has 1 aliphatic heterocycles. The van der Waals surface area contributed by atoms with Crippen LogP contribution >= 0.6 is 24.8 Å². The van der Waals surface area contributed by atoms with E-state index in [-0.39, 0.29) is 42.5 Å². The Kier molecular flexibility index (Phi) is 8.51. The maximum absolute atomic E-state index is 12.3. The smallest absolute Gasteiger partial charge is 0.255 e. The number of nitrogens with zero attached hydrogens (tertiary/aromatic N) is 1. The van der Waals surface area contributed by atoms with Gasteiger partial charge in [-0.3, -0.25) is 14.6 Å². The van der Waals surface area contributed by atoms with E-state index in [9.17, 15) is 9.59 Å². The van der Waals surface area contributed by atoms with Gasteiger partial charge in [-0.1, -0.05) is 6.07 Å². The van der Waals surface area contributed by atoms with Gasteiger partial charge >= 0.3 is 0 Å². The summed E-state index contributed by atoms with van der Waals surface area (Å²) in [6, 6.07) is 8.82. The van der Waals surface area contributed by atoms with Crippen molar-refractivity contribution >= 4 is 48.0 Å². The third-order valence-corrected chi connectivity index (χ3v) is 4.13. The van der Waals surface area contributed by atoms with Crippen LogP contribution in [0.15, 0.2) is 42.7 Å². The van der Waals surface area contributed by atoms with Crippen LogP contribution in [0.4, 0.5) is 11.4 Å². The lowest BCUT2D eigenvalue weighted by Gasteiger charge is -2.13. The van der Waals surface area contributed by atoms with Crippen LogP contribution in [-0.2, 0) is 4.79 Å². The van der Waals surface area contributed by atoms with Gasteiger partial charge in [0.1, 0.15) is 0 Å². The second-order valence-electron chi connectivity index (χ2n) is 5.90. The molecule has 1 fully saturated rings. The molecule has 0 saturated carbocycles. The average molecular weight is 397 g/mol. The van der Waals surface area contributed by atoms with Crippen molar-refractivity contribution in [2.24, 2.45) is 5.92 Å². The molecule has 3 N–H and O–H groups in total. The Hall–Kier alpha value is -2.15. The van der Waals surface area contributed by atoms with Gasteiger partial charge in [0, 0.05) is 35.9 Å².